The Balaban J connectivity index is 1.87. The summed E-state index contributed by atoms with van der Waals surface area (Å²) >= 11 is 0. The molecule has 3 unspecified atom stereocenters. The molecule has 1 heterocycles. The second-order valence-electron chi connectivity index (χ2n) is 6.48. The highest BCUT2D eigenvalue weighted by Crippen LogP contribution is 2.24. The molecule has 2 aliphatic rings. The summed E-state index contributed by atoms with van der Waals surface area (Å²) in [6.45, 7) is 4.15. The number of nitrogens with zero attached hydrogens (tertiary/aromatic N) is 1. The van der Waals surface area contributed by atoms with E-state index in [0.29, 0.717) is 18.6 Å². The first-order chi connectivity index (χ1) is 9.54. The zero-order valence-electron chi connectivity index (χ0n) is 12.4. The highest BCUT2D eigenvalue weighted by Gasteiger charge is 2.31. The lowest BCUT2D eigenvalue weighted by molar-refractivity contribution is -0.137. The average molecular weight is 284 g/mol. The van der Waals surface area contributed by atoms with Crippen LogP contribution in [-0.4, -0.2) is 58.9 Å². The second-order valence-corrected chi connectivity index (χ2v) is 6.48. The third-order valence-corrected chi connectivity index (χ3v) is 4.71. The molecule has 0 spiro atoms. The van der Waals surface area contributed by atoms with Crippen LogP contribution in [0.1, 0.15) is 45.4 Å². The van der Waals surface area contributed by atoms with Crippen molar-refractivity contribution in [3.05, 3.63) is 0 Å². The maximum absolute atomic E-state index is 10.7. The SMILES string of the molecule is CC(O)C1CC(NC2CCCC2)CN(CCC(=O)O)C1. The number of carboxylic acid groups (broad SMARTS) is 1. The summed E-state index contributed by atoms with van der Waals surface area (Å²) in [5.41, 5.74) is 0. The topological polar surface area (TPSA) is 72.8 Å². The van der Waals surface area contributed by atoms with Gasteiger partial charge in [0.15, 0.2) is 0 Å². The van der Waals surface area contributed by atoms with E-state index in [9.17, 15) is 9.90 Å². The molecule has 2 rings (SSSR count). The van der Waals surface area contributed by atoms with E-state index in [4.69, 9.17) is 5.11 Å². The first-order valence-electron chi connectivity index (χ1n) is 7.93. The van der Waals surface area contributed by atoms with E-state index in [0.717, 1.165) is 19.5 Å². The van der Waals surface area contributed by atoms with Gasteiger partial charge >= 0.3 is 5.97 Å². The zero-order valence-corrected chi connectivity index (χ0v) is 12.4. The van der Waals surface area contributed by atoms with Crippen LogP contribution >= 0.6 is 0 Å². The lowest BCUT2D eigenvalue weighted by atomic mass is 9.89. The number of hydrogen-bond acceptors (Lipinski definition) is 4. The van der Waals surface area contributed by atoms with Gasteiger partial charge in [-0.15, -0.1) is 0 Å². The van der Waals surface area contributed by atoms with Crippen LogP contribution in [0.3, 0.4) is 0 Å². The fourth-order valence-electron chi connectivity index (χ4n) is 3.56. The summed E-state index contributed by atoms with van der Waals surface area (Å²) in [4.78, 5) is 12.9. The molecular weight excluding hydrogens is 256 g/mol. The first-order valence-corrected chi connectivity index (χ1v) is 7.93. The molecule has 0 amide bonds. The summed E-state index contributed by atoms with van der Waals surface area (Å²) in [5, 5.41) is 22.4. The number of carbonyl (C=O) groups is 1. The maximum Gasteiger partial charge on any atom is 0.304 e. The van der Waals surface area contributed by atoms with Crippen molar-refractivity contribution in [2.45, 2.75) is 63.6 Å². The van der Waals surface area contributed by atoms with Crippen molar-refractivity contribution in [2.24, 2.45) is 5.92 Å². The maximum atomic E-state index is 10.7. The fraction of sp³-hybridized carbons (Fsp3) is 0.933. The van der Waals surface area contributed by atoms with Crippen molar-refractivity contribution < 1.29 is 15.0 Å². The normalized spacial score (nSPS) is 30.5. The molecule has 0 bridgehead atoms. The molecule has 20 heavy (non-hydrogen) atoms. The molecule has 5 heteroatoms. The van der Waals surface area contributed by atoms with Crippen molar-refractivity contribution in [2.75, 3.05) is 19.6 Å². The highest BCUT2D eigenvalue weighted by atomic mass is 16.4. The Hall–Kier alpha value is -0.650. The third kappa shape index (κ3) is 4.72. The van der Waals surface area contributed by atoms with Crippen molar-refractivity contribution in [1.29, 1.82) is 0 Å². The Morgan fingerprint density at radius 1 is 1.30 bits per heavy atom. The summed E-state index contributed by atoms with van der Waals surface area (Å²) in [5.74, 6) is -0.499. The van der Waals surface area contributed by atoms with E-state index in [-0.39, 0.29) is 18.4 Å². The van der Waals surface area contributed by atoms with E-state index in [1.165, 1.54) is 25.7 Å². The number of carboxylic acids is 1. The van der Waals surface area contributed by atoms with Crippen molar-refractivity contribution in [1.82, 2.24) is 10.2 Å². The van der Waals surface area contributed by atoms with Gasteiger partial charge < -0.3 is 20.4 Å². The molecule has 0 aromatic rings. The Bertz CT molecular complexity index is 314. The van der Waals surface area contributed by atoms with Crippen molar-refractivity contribution in [3.63, 3.8) is 0 Å². The van der Waals surface area contributed by atoms with Gasteiger partial charge in [-0.3, -0.25) is 4.79 Å². The number of likely N-dealkylation sites (tertiary alicyclic amines) is 1. The lowest BCUT2D eigenvalue weighted by Crippen LogP contribution is -2.53. The average Bonchev–Trinajstić information content (AvgIpc) is 2.89. The Labute approximate surface area is 121 Å². The number of aliphatic hydroxyl groups excluding tert-OH is 1. The smallest absolute Gasteiger partial charge is 0.304 e. The molecule has 2 fully saturated rings. The second kappa shape index (κ2) is 7.38. The summed E-state index contributed by atoms with van der Waals surface area (Å²) in [6.07, 6.45) is 5.99. The van der Waals surface area contributed by atoms with E-state index in [1.54, 1.807) is 0 Å². The van der Waals surface area contributed by atoms with Gasteiger partial charge in [0.05, 0.1) is 12.5 Å². The lowest BCUT2D eigenvalue weighted by Gasteiger charge is -2.40. The minimum absolute atomic E-state index is 0.183. The van der Waals surface area contributed by atoms with Crippen LogP contribution in [0.5, 0.6) is 0 Å². The fourth-order valence-corrected chi connectivity index (χ4v) is 3.56. The molecule has 1 aliphatic heterocycles. The van der Waals surface area contributed by atoms with Crippen LogP contribution in [0.2, 0.25) is 0 Å². The molecule has 1 saturated heterocycles. The van der Waals surface area contributed by atoms with Gasteiger partial charge in [0, 0.05) is 31.7 Å². The summed E-state index contributed by atoms with van der Waals surface area (Å²) < 4.78 is 0. The Kier molecular flexibility index (Phi) is 5.81. The van der Waals surface area contributed by atoms with Crippen LogP contribution in [0.15, 0.2) is 0 Å². The largest absolute Gasteiger partial charge is 0.481 e. The van der Waals surface area contributed by atoms with Gasteiger partial charge in [0.1, 0.15) is 0 Å². The molecule has 3 atom stereocenters. The number of nitrogens with one attached hydrogen (secondary N) is 1. The quantitative estimate of drug-likeness (QED) is 0.680. The summed E-state index contributed by atoms with van der Waals surface area (Å²) in [7, 11) is 0. The van der Waals surface area contributed by atoms with Gasteiger partial charge in [-0.2, -0.15) is 0 Å². The predicted octanol–water partition coefficient (Wildman–Crippen LogP) is 1.06. The van der Waals surface area contributed by atoms with Crippen LogP contribution in [-0.2, 0) is 4.79 Å². The van der Waals surface area contributed by atoms with Gasteiger partial charge in [0.2, 0.25) is 0 Å². The van der Waals surface area contributed by atoms with Crippen LogP contribution < -0.4 is 5.32 Å². The van der Waals surface area contributed by atoms with E-state index >= 15 is 0 Å². The Morgan fingerprint density at radius 3 is 2.60 bits per heavy atom. The number of piperidine rings is 1. The molecule has 116 valence electrons. The van der Waals surface area contributed by atoms with Gasteiger partial charge in [-0.1, -0.05) is 12.8 Å². The zero-order chi connectivity index (χ0) is 14.5. The van der Waals surface area contributed by atoms with Crippen molar-refractivity contribution >= 4 is 5.97 Å². The van der Waals surface area contributed by atoms with E-state index in [1.807, 2.05) is 6.92 Å². The van der Waals surface area contributed by atoms with Crippen LogP contribution in [0, 0.1) is 5.92 Å². The minimum atomic E-state index is -0.746. The standard InChI is InChI=1S/C15H28N2O3/c1-11(18)12-8-14(16-13-4-2-3-5-13)10-17(9-12)7-6-15(19)20/h11-14,16,18H,2-10H2,1H3,(H,19,20). The van der Waals surface area contributed by atoms with Gasteiger partial charge in [-0.05, 0) is 32.1 Å². The molecule has 5 nitrogen and oxygen atoms in total. The van der Waals surface area contributed by atoms with Crippen LogP contribution in [0.25, 0.3) is 0 Å². The monoisotopic (exact) mass is 284 g/mol. The molecule has 0 aromatic heterocycles. The number of aliphatic hydroxyl groups is 1. The number of rotatable bonds is 6. The first kappa shape index (κ1) is 15.7. The molecular formula is C15H28N2O3. The molecule has 1 saturated carbocycles. The molecule has 3 N–H and O–H groups in total. The number of aliphatic carboxylic acids is 1. The van der Waals surface area contributed by atoms with Crippen LogP contribution in [0.4, 0.5) is 0 Å². The van der Waals surface area contributed by atoms with Gasteiger partial charge in [-0.25, -0.2) is 0 Å². The molecule has 0 radical (unpaired) electrons. The van der Waals surface area contributed by atoms with Gasteiger partial charge in [0.25, 0.3) is 0 Å². The Morgan fingerprint density at radius 2 is 2.00 bits per heavy atom. The number of hydrogen-bond donors (Lipinski definition) is 3. The van der Waals surface area contributed by atoms with Crippen molar-refractivity contribution in [3.8, 4) is 0 Å². The third-order valence-electron chi connectivity index (χ3n) is 4.71. The molecule has 1 aliphatic carbocycles. The van der Waals surface area contributed by atoms with E-state index in [2.05, 4.69) is 10.2 Å². The molecule has 0 aromatic carbocycles. The van der Waals surface area contributed by atoms with E-state index < -0.39 is 5.97 Å². The summed E-state index contributed by atoms with van der Waals surface area (Å²) in [6, 6.07) is 1.01. The minimum Gasteiger partial charge on any atom is -0.481 e. The predicted molar refractivity (Wildman–Crippen MR) is 77.7 cm³/mol. The highest BCUT2D eigenvalue weighted by molar-refractivity contribution is 5.66.